The van der Waals surface area contributed by atoms with Crippen LogP contribution in [0.4, 0.5) is 5.95 Å². The van der Waals surface area contributed by atoms with Crippen LogP contribution in [0.25, 0.3) is 0 Å². The molecule has 88 valence electrons. The maximum atomic E-state index is 5.68. The summed E-state index contributed by atoms with van der Waals surface area (Å²) in [5.74, 6) is 0.327. The van der Waals surface area contributed by atoms with Gasteiger partial charge < -0.3 is 5.32 Å². The van der Waals surface area contributed by atoms with Crippen molar-refractivity contribution in [2.24, 2.45) is 0 Å². The van der Waals surface area contributed by atoms with Gasteiger partial charge in [-0.1, -0.05) is 6.07 Å². The minimum absolute atomic E-state index is 0.0502. The Bertz CT molecular complexity index is 485. The van der Waals surface area contributed by atoms with Gasteiger partial charge in [0.2, 0.25) is 16.5 Å². The van der Waals surface area contributed by atoms with Gasteiger partial charge >= 0.3 is 0 Å². The SMILES string of the molecule is CC(Nc1nc(Cl)nc(Cl)n1)c1ccccn1. The van der Waals surface area contributed by atoms with Gasteiger partial charge in [-0.05, 0) is 42.3 Å². The molecular formula is C10H9Cl2N5. The predicted molar refractivity (Wildman–Crippen MR) is 66.1 cm³/mol. The molecule has 0 aromatic carbocycles. The Morgan fingerprint density at radius 3 is 2.41 bits per heavy atom. The summed E-state index contributed by atoms with van der Waals surface area (Å²) in [7, 11) is 0. The largest absolute Gasteiger partial charge is 0.346 e. The second-order valence-corrected chi connectivity index (χ2v) is 3.99. The lowest BCUT2D eigenvalue weighted by Crippen LogP contribution is -2.11. The van der Waals surface area contributed by atoms with Crippen molar-refractivity contribution in [2.75, 3.05) is 5.32 Å². The normalized spacial score (nSPS) is 12.2. The fraction of sp³-hybridized carbons (Fsp3) is 0.200. The molecule has 0 amide bonds. The minimum Gasteiger partial charge on any atom is -0.346 e. The minimum atomic E-state index is -0.0502. The van der Waals surface area contributed by atoms with E-state index in [0.29, 0.717) is 5.95 Å². The summed E-state index contributed by atoms with van der Waals surface area (Å²) in [6.45, 7) is 1.94. The zero-order valence-electron chi connectivity index (χ0n) is 8.93. The number of pyridine rings is 1. The number of hydrogen-bond donors (Lipinski definition) is 1. The number of nitrogens with one attached hydrogen (secondary N) is 1. The average Bonchev–Trinajstić information content (AvgIpc) is 2.28. The number of hydrogen-bond acceptors (Lipinski definition) is 5. The maximum absolute atomic E-state index is 5.68. The first-order valence-electron chi connectivity index (χ1n) is 4.89. The van der Waals surface area contributed by atoms with E-state index in [9.17, 15) is 0 Å². The molecular weight excluding hydrogens is 261 g/mol. The topological polar surface area (TPSA) is 63.6 Å². The second-order valence-electron chi connectivity index (χ2n) is 3.32. The van der Waals surface area contributed by atoms with E-state index in [2.05, 4.69) is 25.3 Å². The lowest BCUT2D eigenvalue weighted by Gasteiger charge is -2.12. The Morgan fingerprint density at radius 1 is 1.12 bits per heavy atom. The predicted octanol–water partition coefficient (Wildman–Crippen LogP) is 2.75. The summed E-state index contributed by atoms with van der Waals surface area (Å²) < 4.78 is 0. The summed E-state index contributed by atoms with van der Waals surface area (Å²) in [5, 5.41) is 3.16. The fourth-order valence-corrected chi connectivity index (χ4v) is 1.65. The number of rotatable bonds is 3. The first-order valence-corrected chi connectivity index (χ1v) is 5.65. The molecule has 1 N–H and O–H groups in total. The van der Waals surface area contributed by atoms with Crippen LogP contribution < -0.4 is 5.32 Å². The first kappa shape index (κ1) is 12.0. The molecule has 0 spiro atoms. The molecule has 2 rings (SSSR count). The molecule has 2 heterocycles. The molecule has 0 aliphatic carbocycles. The molecule has 0 aliphatic heterocycles. The second kappa shape index (κ2) is 5.25. The lowest BCUT2D eigenvalue weighted by molar-refractivity contribution is 0.817. The van der Waals surface area contributed by atoms with E-state index < -0.39 is 0 Å². The van der Waals surface area contributed by atoms with Crippen LogP contribution in [0.2, 0.25) is 10.6 Å². The highest BCUT2D eigenvalue weighted by molar-refractivity contribution is 6.31. The van der Waals surface area contributed by atoms with Gasteiger partial charge in [-0.15, -0.1) is 0 Å². The van der Waals surface area contributed by atoms with Crippen molar-refractivity contribution in [3.05, 3.63) is 40.7 Å². The third kappa shape index (κ3) is 3.25. The van der Waals surface area contributed by atoms with E-state index in [-0.39, 0.29) is 16.6 Å². The molecule has 17 heavy (non-hydrogen) atoms. The van der Waals surface area contributed by atoms with Gasteiger partial charge in [0.1, 0.15) is 0 Å². The van der Waals surface area contributed by atoms with Crippen molar-refractivity contribution in [3.63, 3.8) is 0 Å². The quantitative estimate of drug-likeness (QED) is 0.929. The van der Waals surface area contributed by atoms with Crippen molar-refractivity contribution in [1.29, 1.82) is 0 Å². The lowest BCUT2D eigenvalue weighted by atomic mass is 10.2. The van der Waals surface area contributed by atoms with Gasteiger partial charge in [-0.2, -0.15) is 15.0 Å². The third-order valence-corrected chi connectivity index (χ3v) is 2.40. The molecule has 0 aliphatic rings. The number of anilines is 1. The molecule has 0 radical (unpaired) electrons. The van der Waals surface area contributed by atoms with Crippen LogP contribution in [0, 0.1) is 0 Å². The first-order chi connectivity index (χ1) is 8.15. The Balaban J connectivity index is 2.16. The van der Waals surface area contributed by atoms with Crippen molar-refractivity contribution in [1.82, 2.24) is 19.9 Å². The van der Waals surface area contributed by atoms with Crippen LogP contribution in [0.1, 0.15) is 18.7 Å². The van der Waals surface area contributed by atoms with E-state index in [1.165, 1.54) is 0 Å². The van der Waals surface area contributed by atoms with Gasteiger partial charge in [0, 0.05) is 6.20 Å². The van der Waals surface area contributed by atoms with Gasteiger partial charge in [0.05, 0.1) is 11.7 Å². The van der Waals surface area contributed by atoms with Crippen LogP contribution in [0.5, 0.6) is 0 Å². The molecule has 2 aromatic rings. The van der Waals surface area contributed by atoms with E-state index in [0.717, 1.165) is 5.69 Å². The van der Waals surface area contributed by atoms with Crippen LogP contribution in [0.15, 0.2) is 24.4 Å². The fourth-order valence-electron chi connectivity index (χ4n) is 1.29. The zero-order valence-corrected chi connectivity index (χ0v) is 10.4. The molecule has 1 unspecified atom stereocenters. The van der Waals surface area contributed by atoms with Crippen LogP contribution in [-0.2, 0) is 0 Å². The van der Waals surface area contributed by atoms with Gasteiger partial charge in [0.25, 0.3) is 0 Å². The van der Waals surface area contributed by atoms with E-state index in [4.69, 9.17) is 23.2 Å². The number of aromatic nitrogens is 4. The van der Waals surface area contributed by atoms with Crippen molar-refractivity contribution in [2.45, 2.75) is 13.0 Å². The van der Waals surface area contributed by atoms with E-state index >= 15 is 0 Å². The van der Waals surface area contributed by atoms with Crippen LogP contribution >= 0.6 is 23.2 Å². The van der Waals surface area contributed by atoms with Crippen molar-refractivity contribution in [3.8, 4) is 0 Å². The van der Waals surface area contributed by atoms with E-state index in [1.807, 2.05) is 25.1 Å². The Kier molecular flexibility index (Phi) is 3.71. The van der Waals surface area contributed by atoms with E-state index in [1.54, 1.807) is 6.20 Å². The van der Waals surface area contributed by atoms with Crippen LogP contribution in [-0.4, -0.2) is 19.9 Å². The van der Waals surface area contributed by atoms with Crippen molar-refractivity contribution >= 4 is 29.2 Å². The molecule has 2 aromatic heterocycles. The van der Waals surface area contributed by atoms with Gasteiger partial charge in [-0.3, -0.25) is 4.98 Å². The highest BCUT2D eigenvalue weighted by Crippen LogP contribution is 2.16. The molecule has 0 saturated carbocycles. The maximum Gasteiger partial charge on any atom is 0.228 e. The number of nitrogens with zero attached hydrogens (tertiary/aromatic N) is 4. The van der Waals surface area contributed by atoms with Crippen molar-refractivity contribution < 1.29 is 0 Å². The molecule has 7 heteroatoms. The summed E-state index contributed by atoms with van der Waals surface area (Å²) in [6, 6.07) is 5.62. The Morgan fingerprint density at radius 2 is 1.82 bits per heavy atom. The summed E-state index contributed by atoms with van der Waals surface area (Å²) >= 11 is 11.4. The Hall–Kier alpha value is -1.46. The molecule has 0 saturated heterocycles. The molecule has 5 nitrogen and oxygen atoms in total. The monoisotopic (exact) mass is 269 g/mol. The standard InChI is InChI=1S/C10H9Cl2N5/c1-6(7-4-2-3-5-13-7)14-10-16-8(11)15-9(12)17-10/h2-6H,1H3,(H,14,15,16,17). The Labute approximate surface area is 108 Å². The average molecular weight is 270 g/mol. The highest BCUT2D eigenvalue weighted by Gasteiger charge is 2.09. The number of halogens is 2. The van der Waals surface area contributed by atoms with Crippen LogP contribution in [0.3, 0.4) is 0 Å². The smallest absolute Gasteiger partial charge is 0.228 e. The van der Waals surface area contributed by atoms with Gasteiger partial charge in [0.15, 0.2) is 0 Å². The highest BCUT2D eigenvalue weighted by atomic mass is 35.5. The molecule has 0 fully saturated rings. The summed E-state index contributed by atoms with van der Waals surface area (Å²) in [4.78, 5) is 15.7. The summed E-state index contributed by atoms with van der Waals surface area (Å²) in [5.41, 5.74) is 0.875. The van der Waals surface area contributed by atoms with Gasteiger partial charge in [-0.25, -0.2) is 0 Å². The molecule has 1 atom stereocenters. The third-order valence-electron chi connectivity index (χ3n) is 2.06. The zero-order chi connectivity index (χ0) is 12.3. The molecule has 0 bridgehead atoms. The summed E-state index contributed by atoms with van der Waals surface area (Å²) in [6.07, 6.45) is 1.72.